The number of rotatable bonds is 2. The van der Waals surface area contributed by atoms with E-state index in [4.69, 9.17) is 46.1 Å². The standard InChI is InChI=1S/C12H14BrF2N5.C12H13Cl2F2N5/c13-8-3-1-2-4-9(8)18-10(16)19-11(17)20-6-5-12(14,15)7-20;13-7-1-2-9(8(14)5-7)19-10(17)20-11(18)21-4-3-12(15,16)6-21/h1-4H,5-7H2,(H4,16,17,18,19);1-2,5H,3-4,6H2,(H4,17,18,19,20). The molecule has 2 saturated heterocycles. The van der Waals surface area contributed by atoms with Crippen LogP contribution in [0.4, 0.5) is 28.9 Å². The molecule has 2 aliphatic rings. The zero-order valence-electron chi connectivity index (χ0n) is 21.4. The van der Waals surface area contributed by atoms with E-state index in [1.54, 1.807) is 30.3 Å². The Balaban J connectivity index is 0.000000226. The Morgan fingerprint density at radius 3 is 1.68 bits per heavy atom. The van der Waals surface area contributed by atoms with Gasteiger partial charge in [-0.2, -0.15) is 9.98 Å². The van der Waals surface area contributed by atoms with Gasteiger partial charge in [-0.1, -0.05) is 35.3 Å². The third-order valence-corrected chi connectivity index (χ3v) is 6.89. The van der Waals surface area contributed by atoms with Crippen molar-refractivity contribution in [1.29, 1.82) is 0 Å². The van der Waals surface area contributed by atoms with Crippen LogP contribution < -0.4 is 22.9 Å². The van der Waals surface area contributed by atoms with Crippen molar-refractivity contribution in [2.45, 2.75) is 24.7 Å². The van der Waals surface area contributed by atoms with Gasteiger partial charge in [0.2, 0.25) is 11.9 Å². The average Bonchev–Trinajstić information content (AvgIpc) is 3.43. The highest BCUT2D eigenvalue weighted by Gasteiger charge is 2.39. The Morgan fingerprint density at radius 1 is 0.756 bits per heavy atom. The number of guanidine groups is 4. The summed E-state index contributed by atoms with van der Waals surface area (Å²) in [6.07, 6.45) is -0.492. The van der Waals surface area contributed by atoms with E-state index in [0.717, 1.165) is 4.47 Å². The zero-order chi connectivity index (χ0) is 30.4. The van der Waals surface area contributed by atoms with Gasteiger partial charge < -0.3 is 32.7 Å². The predicted molar refractivity (Wildman–Crippen MR) is 159 cm³/mol. The lowest BCUT2D eigenvalue weighted by Crippen LogP contribution is -2.38. The number of para-hydroxylation sites is 1. The van der Waals surface area contributed by atoms with Crippen molar-refractivity contribution in [1.82, 2.24) is 9.80 Å². The fourth-order valence-electron chi connectivity index (χ4n) is 3.65. The van der Waals surface area contributed by atoms with Gasteiger partial charge in [0, 0.05) is 35.4 Å². The maximum absolute atomic E-state index is 13.1. The molecule has 2 fully saturated rings. The Bertz CT molecular complexity index is 1370. The van der Waals surface area contributed by atoms with Crippen molar-refractivity contribution >= 4 is 74.3 Å². The summed E-state index contributed by atoms with van der Waals surface area (Å²) in [5, 5.41) is 0.756. The van der Waals surface area contributed by atoms with E-state index >= 15 is 0 Å². The smallest absolute Gasteiger partial charge is 0.267 e. The second-order valence-corrected chi connectivity index (χ2v) is 10.7. The van der Waals surface area contributed by atoms with E-state index in [2.05, 4.69) is 35.9 Å². The summed E-state index contributed by atoms with van der Waals surface area (Å²) in [4.78, 5) is 18.3. The van der Waals surface area contributed by atoms with Crippen molar-refractivity contribution in [2.75, 3.05) is 26.2 Å². The van der Waals surface area contributed by atoms with Gasteiger partial charge in [-0.05, 0) is 46.3 Å². The molecule has 0 bridgehead atoms. The number of benzene rings is 2. The van der Waals surface area contributed by atoms with Crippen molar-refractivity contribution in [3.8, 4) is 0 Å². The molecule has 10 nitrogen and oxygen atoms in total. The van der Waals surface area contributed by atoms with E-state index in [-0.39, 0.29) is 49.8 Å². The SMILES string of the molecule is NC(=Nc1ccc(Cl)cc1Cl)N=C(N)N1CCC(F)(F)C1.NC(=Nc1ccccc1Br)N=C(N)N1CCC(F)(F)C1. The monoisotopic (exact) mass is 680 g/mol. The van der Waals surface area contributed by atoms with Gasteiger partial charge in [0.15, 0.2) is 11.9 Å². The number of aliphatic imine (C=N–C) groups is 4. The number of nitrogens with two attached hydrogens (primary N) is 4. The molecule has 2 heterocycles. The van der Waals surface area contributed by atoms with Crippen LogP contribution in [-0.2, 0) is 0 Å². The minimum absolute atomic E-state index is 0.0459. The van der Waals surface area contributed by atoms with Gasteiger partial charge >= 0.3 is 0 Å². The Kier molecular flexibility index (Phi) is 10.7. The molecule has 41 heavy (non-hydrogen) atoms. The number of nitrogens with zero attached hydrogens (tertiary/aromatic N) is 6. The highest BCUT2D eigenvalue weighted by molar-refractivity contribution is 9.10. The van der Waals surface area contributed by atoms with Gasteiger partial charge in [-0.15, -0.1) is 0 Å². The van der Waals surface area contributed by atoms with Crippen LogP contribution in [0.3, 0.4) is 0 Å². The lowest BCUT2D eigenvalue weighted by molar-refractivity contribution is 0.0168. The molecule has 4 rings (SSSR count). The van der Waals surface area contributed by atoms with Gasteiger partial charge in [0.1, 0.15) is 0 Å². The first-order valence-corrected chi connectivity index (χ1v) is 13.5. The highest BCUT2D eigenvalue weighted by atomic mass is 79.9. The summed E-state index contributed by atoms with van der Waals surface area (Å²) < 4.78 is 53.1. The van der Waals surface area contributed by atoms with Crippen molar-refractivity contribution < 1.29 is 17.6 Å². The van der Waals surface area contributed by atoms with E-state index in [9.17, 15) is 17.6 Å². The maximum Gasteiger partial charge on any atom is 0.267 e. The third kappa shape index (κ3) is 9.93. The average molecular weight is 682 g/mol. The molecule has 0 atom stereocenters. The molecular weight excluding hydrogens is 655 g/mol. The van der Waals surface area contributed by atoms with E-state index in [1.165, 1.54) is 15.9 Å². The van der Waals surface area contributed by atoms with Crippen molar-refractivity contribution in [3.05, 3.63) is 57.0 Å². The van der Waals surface area contributed by atoms with E-state index < -0.39 is 24.9 Å². The number of hydrogen-bond donors (Lipinski definition) is 4. The summed E-state index contributed by atoms with van der Waals surface area (Å²) in [6.45, 7) is -0.635. The molecule has 0 spiro atoms. The van der Waals surface area contributed by atoms with Crippen LogP contribution >= 0.6 is 39.1 Å². The van der Waals surface area contributed by atoms with Gasteiger partial charge in [0.05, 0.1) is 29.5 Å². The molecule has 0 unspecified atom stereocenters. The number of halogens is 7. The summed E-state index contributed by atoms with van der Waals surface area (Å²) in [7, 11) is 0. The second-order valence-electron chi connectivity index (χ2n) is 8.98. The molecule has 2 aromatic carbocycles. The summed E-state index contributed by atoms with van der Waals surface area (Å²) >= 11 is 15.0. The number of likely N-dealkylation sites (tertiary alicyclic amines) is 2. The largest absolute Gasteiger partial charge is 0.369 e. The van der Waals surface area contributed by atoms with E-state index in [1.807, 2.05) is 6.07 Å². The van der Waals surface area contributed by atoms with Crippen molar-refractivity contribution in [2.24, 2.45) is 42.9 Å². The van der Waals surface area contributed by atoms with Crippen LogP contribution in [0.2, 0.25) is 10.0 Å². The van der Waals surface area contributed by atoms with Gasteiger partial charge in [-0.3, -0.25) is 0 Å². The fraction of sp³-hybridized carbons (Fsp3) is 0.333. The van der Waals surface area contributed by atoms with Crippen LogP contribution in [0.1, 0.15) is 12.8 Å². The lowest BCUT2D eigenvalue weighted by atomic mass is 10.3. The molecule has 0 amide bonds. The molecule has 8 N–H and O–H groups in total. The number of alkyl halides is 4. The minimum atomic E-state index is -2.76. The van der Waals surface area contributed by atoms with Crippen LogP contribution in [-0.4, -0.2) is 71.7 Å². The normalized spacial score (nSPS) is 19.3. The Labute approximate surface area is 251 Å². The second kappa shape index (κ2) is 13.6. The first-order valence-electron chi connectivity index (χ1n) is 12.0. The highest BCUT2D eigenvalue weighted by Crippen LogP contribution is 2.29. The summed E-state index contributed by atoms with van der Waals surface area (Å²) in [5.74, 6) is -5.88. The summed E-state index contributed by atoms with van der Waals surface area (Å²) in [5.41, 5.74) is 23.5. The molecule has 0 aromatic heterocycles. The fourth-order valence-corrected chi connectivity index (χ4v) is 4.47. The maximum atomic E-state index is 13.1. The predicted octanol–water partition coefficient (Wildman–Crippen LogP) is 4.65. The topological polar surface area (TPSA) is 160 Å². The molecule has 0 aliphatic carbocycles. The summed E-state index contributed by atoms with van der Waals surface area (Å²) in [6, 6.07) is 11.8. The first kappa shape index (κ1) is 32.2. The van der Waals surface area contributed by atoms with Crippen molar-refractivity contribution in [3.63, 3.8) is 0 Å². The minimum Gasteiger partial charge on any atom is -0.369 e. The molecule has 0 radical (unpaired) electrons. The van der Waals surface area contributed by atoms with Gasteiger partial charge in [-0.25, -0.2) is 27.5 Å². The van der Waals surface area contributed by atoms with Crippen LogP contribution in [0.25, 0.3) is 0 Å². The first-order chi connectivity index (χ1) is 19.1. The lowest BCUT2D eigenvalue weighted by Gasteiger charge is -2.16. The third-order valence-electron chi connectivity index (χ3n) is 5.68. The van der Waals surface area contributed by atoms with Gasteiger partial charge in [0.25, 0.3) is 11.8 Å². The molecule has 17 heteroatoms. The van der Waals surface area contributed by atoms with Crippen LogP contribution in [0, 0.1) is 0 Å². The van der Waals surface area contributed by atoms with E-state index in [0.29, 0.717) is 21.4 Å². The Hall–Kier alpha value is -3.30. The molecular formula is C24H27BrCl2F4N10. The number of hydrogen-bond acceptors (Lipinski definition) is 2. The Morgan fingerprint density at radius 2 is 1.24 bits per heavy atom. The molecule has 2 aliphatic heterocycles. The quantitative estimate of drug-likeness (QED) is 0.205. The molecule has 2 aromatic rings. The van der Waals surface area contributed by atoms with Crippen LogP contribution in [0.15, 0.2) is 66.9 Å². The molecule has 222 valence electrons. The molecule has 0 saturated carbocycles. The zero-order valence-corrected chi connectivity index (χ0v) is 24.5. The van der Waals surface area contributed by atoms with Crippen LogP contribution in [0.5, 0.6) is 0 Å².